The average molecular weight is 356 g/mol. The van der Waals surface area contributed by atoms with E-state index in [-0.39, 0.29) is 5.91 Å². The maximum Gasteiger partial charge on any atom is 0.255 e. The lowest BCUT2D eigenvalue weighted by molar-refractivity contribution is 0.102. The average Bonchev–Trinajstić information content (AvgIpc) is 3.07. The van der Waals surface area contributed by atoms with Crippen molar-refractivity contribution in [2.24, 2.45) is 0 Å². The summed E-state index contributed by atoms with van der Waals surface area (Å²) in [7, 11) is 0. The van der Waals surface area contributed by atoms with Crippen LogP contribution in [-0.2, 0) is 0 Å². The molecule has 0 aliphatic rings. The minimum absolute atomic E-state index is 0.124. The molecule has 3 aromatic carbocycles. The number of carbonyl (C=O) groups excluding carboxylic acids is 1. The molecule has 1 N–H and O–H groups in total. The van der Waals surface area contributed by atoms with E-state index in [1.54, 1.807) is 0 Å². The van der Waals surface area contributed by atoms with Crippen LogP contribution < -0.4 is 5.32 Å². The van der Waals surface area contributed by atoms with Gasteiger partial charge in [0.15, 0.2) is 5.58 Å². The molecule has 4 rings (SSSR count). The Morgan fingerprint density at radius 2 is 1.74 bits per heavy atom. The van der Waals surface area contributed by atoms with E-state index in [0.29, 0.717) is 11.5 Å². The number of benzene rings is 3. The predicted octanol–water partition coefficient (Wildman–Crippen LogP) is 5.67. The van der Waals surface area contributed by atoms with Crippen molar-refractivity contribution in [3.05, 3.63) is 82.9 Å². The number of oxazole rings is 1. The van der Waals surface area contributed by atoms with Crippen LogP contribution in [0.1, 0.15) is 27.0 Å². The molecule has 0 spiro atoms. The summed E-state index contributed by atoms with van der Waals surface area (Å²) in [6, 6.07) is 19.3. The molecule has 134 valence electrons. The number of amides is 1. The number of hydrogen-bond donors (Lipinski definition) is 1. The van der Waals surface area contributed by atoms with E-state index in [4.69, 9.17) is 4.42 Å². The highest BCUT2D eigenvalue weighted by molar-refractivity contribution is 6.05. The topological polar surface area (TPSA) is 55.1 Å². The molecule has 1 heterocycles. The first-order chi connectivity index (χ1) is 13.0. The van der Waals surface area contributed by atoms with E-state index in [2.05, 4.69) is 10.3 Å². The summed E-state index contributed by atoms with van der Waals surface area (Å²) in [5.41, 5.74) is 6.87. The molecule has 0 aliphatic heterocycles. The molecule has 1 amide bonds. The van der Waals surface area contributed by atoms with Crippen molar-refractivity contribution in [1.29, 1.82) is 0 Å². The Balaban J connectivity index is 1.68. The number of aryl methyl sites for hydroxylation is 3. The summed E-state index contributed by atoms with van der Waals surface area (Å²) >= 11 is 0. The summed E-state index contributed by atoms with van der Waals surface area (Å²) in [6.45, 7) is 5.91. The van der Waals surface area contributed by atoms with E-state index in [9.17, 15) is 4.79 Å². The molecule has 0 fully saturated rings. The normalized spacial score (nSPS) is 10.9. The van der Waals surface area contributed by atoms with E-state index in [1.165, 1.54) is 0 Å². The van der Waals surface area contributed by atoms with Gasteiger partial charge in [0.2, 0.25) is 5.89 Å². The van der Waals surface area contributed by atoms with Crippen molar-refractivity contribution in [2.75, 3.05) is 5.32 Å². The van der Waals surface area contributed by atoms with Crippen LogP contribution in [0, 0.1) is 20.8 Å². The monoisotopic (exact) mass is 356 g/mol. The fraction of sp³-hybridized carbons (Fsp3) is 0.130. The molecule has 4 nitrogen and oxygen atoms in total. The molecule has 1 aromatic heterocycles. The first-order valence-electron chi connectivity index (χ1n) is 8.86. The van der Waals surface area contributed by atoms with Crippen molar-refractivity contribution >= 4 is 22.7 Å². The number of nitrogens with one attached hydrogen (secondary N) is 1. The molecule has 0 unspecified atom stereocenters. The van der Waals surface area contributed by atoms with Gasteiger partial charge in [0.1, 0.15) is 5.52 Å². The van der Waals surface area contributed by atoms with Crippen LogP contribution in [0.5, 0.6) is 0 Å². The highest BCUT2D eigenvalue weighted by Gasteiger charge is 2.13. The molecule has 4 heteroatoms. The Labute approximate surface area is 157 Å². The Hall–Kier alpha value is -3.40. The summed E-state index contributed by atoms with van der Waals surface area (Å²) in [5.74, 6) is 0.420. The SMILES string of the molecule is Cc1ccc2nc(-c3ccc(C)c(NC(=O)c4ccccc4C)c3)oc2c1. The zero-order chi connectivity index (χ0) is 19.0. The fourth-order valence-corrected chi connectivity index (χ4v) is 3.06. The molecule has 0 aliphatic carbocycles. The van der Waals surface area contributed by atoms with Crippen LogP contribution in [0.3, 0.4) is 0 Å². The molecule has 0 saturated carbocycles. The van der Waals surface area contributed by atoms with Crippen LogP contribution >= 0.6 is 0 Å². The third-order valence-electron chi connectivity index (χ3n) is 4.67. The van der Waals surface area contributed by atoms with Gasteiger partial charge in [0.05, 0.1) is 0 Å². The van der Waals surface area contributed by atoms with Crippen molar-refractivity contribution < 1.29 is 9.21 Å². The molecule has 0 atom stereocenters. The lowest BCUT2D eigenvalue weighted by Crippen LogP contribution is -2.14. The van der Waals surface area contributed by atoms with Gasteiger partial charge in [-0.15, -0.1) is 0 Å². The summed E-state index contributed by atoms with van der Waals surface area (Å²) in [4.78, 5) is 17.2. The van der Waals surface area contributed by atoms with Gasteiger partial charge >= 0.3 is 0 Å². The number of nitrogens with zero attached hydrogens (tertiary/aromatic N) is 1. The largest absolute Gasteiger partial charge is 0.436 e. The standard InChI is InChI=1S/C23H20N2O2/c1-14-8-11-19-21(12-14)27-23(25-19)17-10-9-16(3)20(13-17)24-22(26)18-7-5-4-6-15(18)2/h4-13H,1-3H3,(H,24,26). The number of carbonyl (C=O) groups is 1. The second-order valence-corrected chi connectivity index (χ2v) is 6.79. The first kappa shape index (κ1) is 17.0. The van der Waals surface area contributed by atoms with Gasteiger partial charge in [-0.05, 0) is 67.8 Å². The Morgan fingerprint density at radius 1 is 0.926 bits per heavy atom. The maximum absolute atomic E-state index is 12.7. The lowest BCUT2D eigenvalue weighted by Gasteiger charge is -2.11. The molecule has 0 saturated heterocycles. The van der Waals surface area contributed by atoms with Crippen molar-refractivity contribution in [3.63, 3.8) is 0 Å². The van der Waals surface area contributed by atoms with Gasteiger partial charge in [-0.1, -0.05) is 30.3 Å². The van der Waals surface area contributed by atoms with E-state index < -0.39 is 0 Å². The zero-order valence-corrected chi connectivity index (χ0v) is 15.5. The fourth-order valence-electron chi connectivity index (χ4n) is 3.06. The van der Waals surface area contributed by atoms with Crippen molar-refractivity contribution in [2.45, 2.75) is 20.8 Å². The van der Waals surface area contributed by atoms with Gasteiger partial charge in [-0.25, -0.2) is 4.98 Å². The van der Waals surface area contributed by atoms with Gasteiger partial charge in [-0.3, -0.25) is 4.79 Å². The third kappa shape index (κ3) is 3.34. The molecule has 0 bridgehead atoms. The highest BCUT2D eigenvalue weighted by Crippen LogP contribution is 2.28. The Kier molecular flexibility index (Phi) is 4.24. The molecule has 27 heavy (non-hydrogen) atoms. The molecular formula is C23H20N2O2. The Morgan fingerprint density at radius 3 is 2.56 bits per heavy atom. The number of aromatic nitrogens is 1. The van der Waals surface area contributed by atoms with Crippen LogP contribution in [0.2, 0.25) is 0 Å². The Bertz CT molecular complexity index is 1160. The van der Waals surface area contributed by atoms with Gasteiger partial charge in [0.25, 0.3) is 5.91 Å². The first-order valence-corrected chi connectivity index (χ1v) is 8.86. The van der Waals surface area contributed by atoms with Crippen LogP contribution in [0.15, 0.2) is 65.1 Å². The van der Waals surface area contributed by atoms with Crippen LogP contribution in [-0.4, -0.2) is 10.9 Å². The number of fused-ring (bicyclic) bond motifs is 1. The van der Waals surface area contributed by atoms with Crippen molar-refractivity contribution in [3.8, 4) is 11.5 Å². The van der Waals surface area contributed by atoms with E-state index >= 15 is 0 Å². The molecule has 0 radical (unpaired) electrons. The van der Waals surface area contributed by atoms with Crippen LogP contribution in [0.4, 0.5) is 5.69 Å². The van der Waals surface area contributed by atoms with E-state index in [1.807, 2.05) is 81.4 Å². The minimum Gasteiger partial charge on any atom is -0.436 e. The second-order valence-electron chi connectivity index (χ2n) is 6.79. The van der Waals surface area contributed by atoms with Gasteiger partial charge < -0.3 is 9.73 Å². The highest BCUT2D eigenvalue weighted by atomic mass is 16.3. The number of hydrogen-bond acceptors (Lipinski definition) is 3. The number of rotatable bonds is 3. The predicted molar refractivity (Wildman–Crippen MR) is 108 cm³/mol. The van der Waals surface area contributed by atoms with Crippen molar-refractivity contribution in [1.82, 2.24) is 4.98 Å². The van der Waals surface area contributed by atoms with Gasteiger partial charge in [0, 0.05) is 16.8 Å². The van der Waals surface area contributed by atoms with E-state index in [0.717, 1.165) is 39.0 Å². The quantitative estimate of drug-likeness (QED) is 0.514. The molecular weight excluding hydrogens is 336 g/mol. The second kappa shape index (κ2) is 6.72. The number of anilines is 1. The summed E-state index contributed by atoms with van der Waals surface area (Å²) in [5, 5.41) is 3.01. The smallest absolute Gasteiger partial charge is 0.255 e. The third-order valence-corrected chi connectivity index (χ3v) is 4.67. The van der Waals surface area contributed by atoms with Crippen LogP contribution in [0.25, 0.3) is 22.6 Å². The minimum atomic E-state index is -0.124. The molecule has 4 aromatic rings. The summed E-state index contributed by atoms with van der Waals surface area (Å²) < 4.78 is 5.91. The maximum atomic E-state index is 12.7. The van der Waals surface area contributed by atoms with Gasteiger partial charge in [-0.2, -0.15) is 0 Å². The summed E-state index contributed by atoms with van der Waals surface area (Å²) in [6.07, 6.45) is 0. The lowest BCUT2D eigenvalue weighted by atomic mass is 10.1. The zero-order valence-electron chi connectivity index (χ0n) is 15.5.